The van der Waals surface area contributed by atoms with Crippen molar-refractivity contribution in [3.63, 3.8) is 0 Å². The molecule has 1 aliphatic rings. The third-order valence-corrected chi connectivity index (χ3v) is 8.18. The van der Waals surface area contributed by atoms with Gasteiger partial charge in [-0.25, -0.2) is 0 Å². The molecule has 1 rings (SSSR count). The first kappa shape index (κ1) is 15.4. The van der Waals surface area contributed by atoms with Crippen molar-refractivity contribution in [3.8, 4) is 6.07 Å². The molecule has 0 spiro atoms. The Hall–Kier alpha value is -0.673. The van der Waals surface area contributed by atoms with Crippen LogP contribution in [0.15, 0.2) is 12.2 Å². The molecule has 3 atom stereocenters. The van der Waals surface area contributed by atoms with Gasteiger partial charge in [-0.15, -0.1) is 0 Å². The lowest BCUT2D eigenvalue weighted by Gasteiger charge is -2.41. The van der Waals surface area contributed by atoms with Crippen molar-refractivity contribution in [2.75, 3.05) is 6.61 Å². The van der Waals surface area contributed by atoms with Gasteiger partial charge in [0, 0.05) is 0 Å². The number of hydrogen-bond donors (Lipinski definition) is 1. The van der Waals surface area contributed by atoms with Gasteiger partial charge in [0.05, 0.1) is 18.8 Å². The molecule has 1 heterocycles. The molecule has 0 amide bonds. The third kappa shape index (κ3) is 3.42. The Labute approximate surface area is 110 Å². The summed E-state index contributed by atoms with van der Waals surface area (Å²) < 4.78 is 11.7. The van der Waals surface area contributed by atoms with E-state index in [4.69, 9.17) is 14.4 Å². The smallest absolute Gasteiger partial charge is 0.193 e. The zero-order valence-electron chi connectivity index (χ0n) is 11.8. The SMILES string of the molecule is CC(C)(C)[Si](C)(C)O[C@@H]1C=C[C@@H](C#N)O[C@@H]1CO. The number of ether oxygens (including phenoxy) is 1. The van der Waals surface area contributed by atoms with Crippen molar-refractivity contribution in [1.82, 2.24) is 0 Å². The normalized spacial score (nSPS) is 29.1. The van der Waals surface area contributed by atoms with Gasteiger partial charge in [-0.1, -0.05) is 26.8 Å². The molecule has 5 heteroatoms. The summed E-state index contributed by atoms with van der Waals surface area (Å²) in [6.07, 6.45) is 2.25. The summed E-state index contributed by atoms with van der Waals surface area (Å²) in [5.41, 5.74) is 0. The van der Waals surface area contributed by atoms with E-state index in [2.05, 4.69) is 33.9 Å². The van der Waals surface area contributed by atoms with Crippen molar-refractivity contribution >= 4 is 8.32 Å². The Balaban J connectivity index is 2.81. The second kappa shape index (κ2) is 5.53. The van der Waals surface area contributed by atoms with Crippen LogP contribution in [0.1, 0.15) is 20.8 Å². The van der Waals surface area contributed by atoms with Crippen LogP contribution in [0.5, 0.6) is 0 Å². The second-order valence-electron chi connectivity index (χ2n) is 6.13. The van der Waals surface area contributed by atoms with E-state index in [1.807, 2.05) is 12.1 Å². The Kier molecular flexibility index (Phi) is 4.73. The molecule has 1 N–H and O–H groups in total. The molecular weight excluding hydrogens is 246 g/mol. The summed E-state index contributed by atoms with van der Waals surface area (Å²) in [6.45, 7) is 10.7. The minimum Gasteiger partial charge on any atom is -0.408 e. The Morgan fingerprint density at radius 3 is 2.44 bits per heavy atom. The number of aliphatic hydroxyl groups excluding tert-OH is 1. The van der Waals surface area contributed by atoms with Crippen molar-refractivity contribution in [3.05, 3.63) is 12.2 Å². The van der Waals surface area contributed by atoms with Crippen LogP contribution in [-0.2, 0) is 9.16 Å². The average Bonchev–Trinajstić information content (AvgIpc) is 2.27. The maximum Gasteiger partial charge on any atom is 0.193 e. The number of nitriles is 1. The standard InChI is InChI=1S/C13H23NO3Si/c1-13(2,3)18(4,5)17-11-7-6-10(8-14)16-12(11)9-15/h6-7,10-12,15H,9H2,1-5H3/t10-,11+,12+/m0/s1. The lowest BCUT2D eigenvalue weighted by Crippen LogP contribution is -2.49. The van der Waals surface area contributed by atoms with Gasteiger partial charge >= 0.3 is 0 Å². The van der Waals surface area contributed by atoms with Crippen LogP contribution in [0, 0.1) is 11.3 Å². The van der Waals surface area contributed by atoms with Gasteiger partial charge in [0.2, 0.25) is 0 Å². The molecule has 4 nitrogen and oxygen atoms in total. The fraction of sp³-hybridized carbons (Fsp3) is 0.769. The van der Waals surface area contributed by atoms with Gasteiger partial charge in [0.15, 0.2) is 14.4 Å². The minimum atomic E-state index is -1.91. The van der Waals surface area contributed by atoms with Crippen LogP contribution in [0.4, 0.5) is 0 Å². The summed E-state index contributed by atoms with van der Waals surface area (Å²) in [5.74, 6) is 0. The predicted molar refractivity (Wildman–Crippen MR) is 72.6 cm³/mol. The van der Waals surface area contributed by atoms with Crippen molar-refractivity contribution in [2.45, 2.75) is 57.2 Å². The fourth-order valence-electron chi connectivity index (χ4n) is 1.50. The van der Waals surface area contributed by atoms with Gasteiger partial charge in [0.1, 0.15) is 6.10 Å². The van der Waals surface area contributed by atoms with E-state index in [1.54, 1.807) is 6.08 Å². The summed E-state index contributed by atoms with van der Waals surface area (Å²) in [5, 5.41) is 18.3. The van der Waals surface area contributed by atoms with Crippen LogP contribution in [0.25, 0.3) is 0 Å². The van der Waals surface area contributed by atoms with Crippen LogP contribution in [-0.4, -0.2) is 38.3 Å². The van der Waals surface area contributed by atoms with Crippen molar-refractivity contribution in [1.29, 1.82) is 5.26 Å². The Morgan fingerprint density at radius 2 is 2.00 bits per heavy atom. The van der Waals surface area contributed by atoms with E-state index in [1.165, 1.54) is 0 Å². The maximum absolute atomic E-state index is 9.34. The number of rotatable bonds is 3. The van der Waals surface area contributed by atoms with Crippen LogP contribution < -0.4 is 0 Å². The zero-order chi connectivity index (χ0) is 14.0. The molecule has 0 aromatic rings. The Morgan fingerprint density at radius 1 is 1.39 bits per heavy atom. The molecule has 0 saturated carbocycles. The van der Waals surface area contributed by atoms with E-state index >= 15 is 0 Å². The molecule has 0 aromatic heterocycles. The largest absolute Gasteiger partial charge is 0.408 e. The highest BCUT2D eigenvalue weighted by atomic mass is 28.4. The van der Waals surface area contributed by atoms with E-state index in [0.29, 0.717) is 0 Å². The lowest BCUT2D eigenvalue weighted by atomic mass is 10.1. The number of hydrogen-bond acceptors (Lipinski definition) is 4. The highest BCUT2D eigenvalue weighted by molar-refractivity contribution is 6.74. The fourth-order valence-corrected chi connectivity index (χ4v) is 2.76. The van der Waals surface area contributed by atoms with Gasteiger partial charge in [-0.3, -0.25) is 0 Å². The summed E-state index contributed by atoms with van der Waals surface area (Å²) in [7, 11) is -1.91. The van der Waals surface area contributed by atoms with E-state index in [-0.39, 0.29) is 17.7 Å². The highest BCUT2D eigenvalue weighted by Gasteiger charge is 2.41. The van der Waals surface area contributed by atoms with E-state index < -0.39 is 20.5 Å². The molecule has 0 bridgehead atoms. The monoisotopic (exact) mass is 269 g/mol. The molecule has 0 aromatic carbocycles. The molecular formula is C13H23NO3Si. The van der Waals surface area contributed by atoms with Gasteiger partial charge in [0.25, 0.3) is 0 Å². The van der Waals surface area contributed by atoms with E-state index in [9.17, 15) is 5.11 Å². The summed E-state index contributed by atoms with van der Waals surface area (Å²) in [6, 6.07) is 2.02. The minimum absolute atomic E-state index is 0.104. The topological polar surface area (TPSA) is 62.5 Å². The molecule has 18 heavy (non-hydrogen) atoms. The second-order valence-corrected chi connectivity index (χ2v) is 10.9. The van der Waals surface area contributed by atoms with Crippen LogP contribution in [0.2, 0.25) is 18.1 Å². The quantitative estimate of drug-likeness (QED) is 0.630. The lowest BCUT2D eigenvalue weighted by molar-refractivity contribution is -0.0591. The van der Waals surface area contributed by atoms with E-state index in [0.717, 1.165) is 0 Å². The molecule has 0 radical (unpaired) electrons. The summed E-state index contributed by atoms with van der Waals surface area (Å²) in [4.78, 5) is 0. The molecule has 102 valence electrons. The van der Waals surface area contributed by atoms with Crippen LogP contribution >= 0.6 is 0 Å². The van der Waals surface area contributed by atoms with Gasteiger partial charge in [-0.2, -0.15) is 5.26 Å². The number of aliphatic hydroxyl groups is 1. The highest BCUT2D eigenvalue weighted by Crippen LogP contribution is 2.38. The van der Waals surface area contributed by atoms with Crippen molar-refractivity contribution in [2.24, 2.45) is 0 Å². The first-order valence-corrected chi connectivity index (χ1v) is 9.14. The zero-order valence-corrected chi connectivity index (χ0v) is 12.8. The molecule has 0 aliphatic carbocycles. The summed E-state index contributed by atoms with van der Waals surface area (Å²) >= 11 is 0. The maximum atomic E-state index is 9.34. The predicted octanol–water partition coefficient (Wildman–Crippen LogP) is 2.22. The number of nitrogens with zero attached hydrogens (tertiary/aromatic N) is 1. The third-order valence-electron chi connectivity index (χ3n) is 3.71. The first-order valence-electron chi connectivity index (χ1n) is 6.23. The molecule has 0 fully saturated rings. The molecule has 0 unspecified atom stereocenters. The molecule has 0 saturated heterocycles. The van der Waals surface area contributed by atoms with Gasteiger partial charge < -0.3 is 14.3 Å². The van der Waals surface area contributed by atoms with Crippen LogP contribution in [0.3, 0.4) is 0 Å². The first-order chi connectivity index (χ1) is 8.21. The van der Waals surface area contributed by atoms with Crippen molar-refractivity contribution < 1.29 is 14.3 Å². The Bertz CT molecular complexity index is 354. The van der Waals surface area contributed by atoms with Gasteiger partial charge in [-0.05, 0) is 24.2 Å². The molecule has 1 aliphatic heterocycles. The average molecular weight is 269 g/mol.